The molecule has 0 saturated heterocycles. The average molecular weight is 652 g/mol. The SMILES string of the molecule is CC/C=C/[C@@H](OC(N)=O)[C@@H](C)[C@H](O)CC(=O)[C@@H](O)[C@H](O)[C@H](C)/C(Cl)=C/C=C/C=C(C)/C=C/C=C/C(=O)O[C@@H]1C[C@H](C)CC[C@@H]1O. The predicted octanol–water partition coefficient (Wildman–Crippen LogP) is 4.56. The fourth-order valence-electron chi connectivity index (χ4n) is 4.62. The highest BCUT2D eigenvalue weighted by Crippen LogP contribution is 2.27. The molecular formula is C34H50ClNO9. The van der Waals surface area contributed by atoms with E-state index >= 15 is 0 Å². The second-order valence-electron chi connectivity index (χ2n) is 11.6. The number of aliphatic hydroxyl groups excluding tert-OH is 4. The Balaban J connectivity index is 2.64. The van der Waals surface area contributed by atoms with E-state index in [0.717, 1.165) is 12.0 Å². The van der Waals surface area contributed by atoms with Gasteiger partial charge in [-0.05, 0) is 50.7 Å². The molecule has 10 nitrogen and oxygen atoms in total. The maximum Gasteiger partial charge on any atom is 0.405 e. The Labute approximate surface area is 271 Å². The number of aliphatic hydroxyl groups is 4. The van der Waals surface area contributed by atoms with Crippen LogP contribution in [-0.2, 0) is 19.1 Å². The first-order valence-corrected chi connectivity index (χ1v) is 15.7. The number of carbonyl (C=O) groups is 3. The number of esters is 1. The minimum Gasteiger partial charge on any atom is -0.456 e. The van der Waals surface area contributed by atoms with Gasteiger partial charge < -0.3 is 35.6 Å². The van der Waals surface area contributed by atoms with Gasteiger partial charge in [0.2, 0.25) is 0 Å². The Morgan fingerprint density at radius 2 is 1.67 bits per heavy atom. The molecule has 6 N–H and O–H groups in total. The number of carbonyl (C=O) groups excluding carboxylic acids is 3. The van der Waals surface area contributed by atoms with Crippen molar-refractivity contribution in [1.29, 1.82) is 0 Å². The molecule has 0 aromatic carbocycles. The van der Waals surface area contributed by atoms with Crippen LogP contribution in [0.2, 0.25) is 0 Å². The highest BCUT2D eigenvalue weighted by atomic mass is 35.5. The zero-order valence-electron chi connectivity index (χ0n) is 26.8. The molecule has 252 valence electrons. The van der Waals surface area contributed by atoms with Crippen molar-refractivity contribution >= 4 is 29.4 Å². The van der Waals surface area contributed by atoms with Gasteiger partial charge in [-0.15, -0.1) is 0 Å². The van der Waals surface area contributed by atoms with Crippen molar-refractivity contribution in [2.45, 2.75) is 103 Å². The molecule has 1 fully saturated rings. The van der Waals surface area contributed by atoms with Gasteiger partial charge in [-0.2, -0.15) is 0 Å². The standard InChI is InChI=1S/C34H50ClNO9/c1-6-7-15-29(45-34(36)43)24(5)27(38)20-28(39)33(42)32(41)23(4)25(35)14-10-8-12-21(2)13-9-11-16-31(40)44-30-19-22(3)17-18-26(30)37/h7-16,22-24,26-27,29-30,32-33,37-38,41-42H,6,17-20H2,1-5H3,(H2,36,43)/b10-8+,13-9+,15-7+,16-11+,21-12+,25-14-/t22-,23-,24+,26+,27-,29-,30-,32-,33-/m1/s1. The molecule has 1 aliphatic rings. The summed E-state index contributed by atoms with van der Waals surface area (Å²) in [6.45, 7) is 8.93. The van der Waals surface area contributed by atoms with Gasteiger partial charge in [0.1, 0.15) is 18.3 Å². The third kappa shape index (κ3) is 15.2. The summed E-state index contributed by atoms with van der Waals surface area (Å²) in [5.74, 6) is -2.39. The van der Waals surface area contributed by atoms with E-state index < -0.39 is 72.7 Å². The van der Waals surface area contributed by atoms with Crippen molar-refractivity contribution in [3.8, 4) is 0 Å². The highest BCUT2D eigenvalue weighted by molar-refractivity contribution is 6.30. The summed E-state index contributed by atoms with van der Waals surface area (Å²) in [7, 11) is 0. The maximum absolute atomic E-state index is 12.6. The summed E-state index contributed by atoms with van der Waals surface area (Å²) in [4.78, 5) is 35.9. The van der Waals surface area contributed by atoms with Gasteiger partial charge >= 0.3 is 12.1 Å². The maximum atomic E-state index is 12.6. The third-order valence-corrected chi connectivity index (χ3v) is 8.13. The van der Waals surface area contributed by atoms with Gasteiger partial charge in [-0.3, -0.25) is 4.79 Å². The number of primary amides is 1. The zero-order chi connectivity index (χ0) is 34.1. The fraction of sp³-hybridized carbons (Fsp3) is 0.559. The third-order valence-electron chi connectivity index (χ3n) is 7.66. The van der Waals surface area contributed by atoms with Crippen LogP contribution < -0.4 is 5.73 Å². The highest BCUT2D eigenvalue weighted by Gasteiger charge is 2.34. The first-order valence-electron chi connectivity index (χ1n) is 15.3. The summed E-state index contributed by atoms with van der Waals surface area (Å²) in [6, 6.07) is 0. The van der Waals surface area contributed by atoms with Gasteiger partial charge in [0, 0.05) is 29.4 Å². The Hall–Kier alpha value is -3.02. The van der Waals surface area contributed by atoms with Crippen LogP contribution in [0.15, 0.2) is 71.4 Å². The van der Waals surface area contributed by atoms with Crippen LogP contribution in [0, 0.1) is 17.8 Å². The summed E-state index contributed by atoms with van der Waals surface area (Å²) in [5.41, 5.74) is 5.97. The molecule has 1 saturated carbocycles. The number of Topliss-reactive ketones (excluding diaryl/α,β-unsaturated/α-hetero) is 1. The number of halogens is 1. The van der Waals surface area contributed by atoms with Crippen LogP contribution in [0.3, 0.4) is 0 Å². The minimum absolute atomic E-state index is 0.194. The average Bonchev–Trinajstić information content (AvgIpc) is 2.99. The van der Waals surface area contributed by atoms with Crippen molar-refractivity contribution in [1.82, 2.24) is 0 Å². The smallest absolute Gasteiger partial charge is 0.405 e. The van der Waals surface area contributed by atoms with E-state index in [1.807, 2.05) is 13.8 Å². The first-order chi connectivity index (χ1) is 21.2. The van der Waals surface area contributed by atoms with E-state index in [2.05, 4.69) is 6.92 Å². The Bertz CT molecular complexity index is 1140. The lowest BCUT2D eigenvalue weighted by molar-refractivity contribution is -0.152. The minimum atomic E-state index is -1.80. The predicted molar refractivity (Wildman–Crippen MR) is 174 cm³/mol. The lowest BCUT2D eigenvalue weighted by Crippen LogP contribution is -2.42. The van der Waals surface area contributed by atoms with Crippen LogP contribution in [0.4, 0.5) is 4.79 Å². The molecule has 0 bridgehead atoms. The molecule has 0 spiro atoms. The molecule has 0 aliphatic heterocycles. The Morgan fingerprint density at radius 3 is 2.31 bits per heavy atom. The summed E-state index contributed by atoms with van der Waals surface area (Å²) >= 11 is 6.31. The van der Waals surface area contributed by atoms with Crippen molar-refractivity contribution in [2.24, 2.45) is 23.5 Å². The van der Waals surface area contributed by atoms with E-state index in [0.29, 0.717) is 25.2 Å². The second kappa shape index (κ2) is 20.9. The monoisotopic (exact) mass is 651 g/mol. The van der Waals surface area contributed by atoms with Gasteiger partial charge in [0.15, 0.2) is 5.78 Å². The molecule has 0 radical (unpaired) electrons. The normalized spacial score (nSPS) is 24.1. The molecule has 0 aromatic heterocycles. The summed E-state index contributed by atoms with van der Waals surface area (Å²) < 4.78 is 10.4. The van der Waals surface area contributed by atoms with E-state index in [-0.39, 0.29) is 5.03 Å². The van der Waals surface area contributed by atoms with Crippen LogP contribution in [0.25, 0.3) is 0 Å². The lowest BCUT2D eigenvalue weighted by Gasteiger charge is -2.30. The fourth-order valence-corrected chi connectivity index (χ4v) is 4.82. The number of amides is 1. The van der Waals surface area contributed by atoms with Crippen molar-refractivity contribution < 1.29 is 44.3 Å². The lowest BCUT2D eigenvalue weighted by atomic mass is 9.86. The van der Waals surface area contributed by atoms with Crippen molar-refractivity contribution in [3.05, 3.63) is 71.4 Å². The largest absolute Gasteiger partial charge is 0.456 e. The van der Waals surface area contributed by atoms with E-state index in [1.54, 1.807) is 62.5 Å². The topological polar surface area (TPSA) is 177 Å². The van der Waals surface area contributed by atoms with Crippen LogP contribution in [0.1, 0.15) is 66.7 Å². The van der Waals surface area contributed by atoms with Crippen molar-refractivity contribution in [2.75, 3.05) is 0 Å². The molecule has 1 amide bonds. The molecular weight excluding hydrogens is 602 g/mol. The van der Waals surface area contributed by atoms with E-state index in [9.17, 15) is 34.8 Å². The number of ketones is 1. The van der Waals surface area contributed by atoms with Gasteiger partial charge in [-0.25, -0.2) is 9.59 Å². The Kier molecular flexibility index (Phi) is 18.6. The van der Waals surface area contributed by atoms with Crippen LogP contribution in [0.5, 0.6) is 0 Å². The molecule has 0 unspecified atom stereocenters. The van der Waals surface area contributed by atoms with E-state index in [1.165, 1.54) is 12.2 Å². The molecule has 1 aliphatic carbocycles. The summed E-state index contributed by atoms with van der Waals surface area (Å²) in [5, 5.41) is 41.8. The molecule has 9 atom stereocenters. The van der Waals surface area contributed by atoms with Crippen LogP contribution in [-0.4, -0.2) is 74.9 Å². The van der Waals surface area contributed by atoms with Crippen LogP contribution >= 0.6 is 11.6 Å². The summed E-state index contributed by atoms with van der Waals surface area (Å²) in [6.07, 6.45) is 11.1. The Morgan fingerprint density at radius 1 is 1.02 bits per heavy atom. The molecule has 1 rings (SSSR count). The second-order valence-corrected chi connectivity index (χ2v) is 12.0. The van der Waals surface area contributed by atoms with Gasteiger partial charge in [0.05, 0.1) is 18.3 Å². The van der Waals surface area contributed by atoms with E-state index in [4.69, 9.17) is 26.8 Å². The number of nitrogens with two attached hydrogens (primary N) is 1. The quantitative estimate of drug-likeness (QED) is 0.0653. The molecule has 45 heavy (non-hydrogen) atoms. The zero-order valence-corrected chi connectivity index (χ0v) is 27.5. The first kappa shape index (κ1) is 40.0. The van der Waals surface area contributed by atoms with Gasteiger partial charge in [-0.1, -0.05) is 87.4 Å². The number of hydrogen-bond donors (Lipinski definition) is 5. The number of ether oxygens (including phenoxy) is 2. The number of rotatable bonds is 17. The molecule has 0 aromatic rings. The number of allylic oxidation sites excluding steroid dienone is 9. The number of hydrogen-bond acceptors (Lipinski definition) is 9. The molecule has 0 heterocycles. The molecule has 11 heteroatoms. The van der Waals surface area contributed by atoms with Crippen molar-refractivity contribution in [3.63, 3.8) is 0 Å². The van der Waals surface area contributed by atoms with Gasteiger partial charge in [0.25, 0.3) is 0 Å².